The van der Waals surface area contributed by atoms with E-state index in [1.54, 1.807) is 18.2 Å². The van der Waals surface area contributed by atoms with Crippen LogP contribution < -0.4 is 18.4 Å². The van der Waals surface area contributed by atoms with E-state index in [9.17, 15) is 8.42 Å². The minimum absolute atomic E-state index is 0.000398. The van der Waals surface area contributed by atoms with E-state index in [0.29, 0.717) is 30.5 Å². The summed E-state index contributed by atoms with van der Waals surface area (Å²) in [7, 11) is -2.47. The maximum Gasteiger partial charge on any atom is 0.339 e. The first kappa shape index (κ1) is 14.5. The van der Waals surface area contributed by atoms with Crippen LogP contribution in [0.2, 0.25) is 0 Å². The molecule has 6 nitrogen and oxygen atoms in total. The predicted molar refractivity (Wildman–Crippen MR) is 78.2 cm³/mol. The van der Waals surface area contributed by atoms with Crippen LogP contribution in [-0.2, 0) is 10.1 Å². The SMILES string of the molecule is COc1cccc(OS(=O)(=O)c2ccc3c(c2)OCCO3)c1. The highest BCUT2D eigenvalue weighted by molar-refractivity contribution is 7.87. The minimum atomic E-state index is -3.96. The Hall–Kier alpha value is -2.41. The average Bonchev–Trinajstić information content (AvgIpc) is 2.54. The second kappa shape index (κ2) is 5.76. The fraction of sp³-hybridized carbons (Fsp3) is 0.200. The first-order valence-corrected chi connectivity index (χ1v) is 7.97. The molecule has 0 fully saturated rings. The van der Waals surface area contributed by atoms with Gasteiger partial charge in [0, 0.05) is 12.1 Å². The molecule has 0 aromatic heterocycles. The lowest BCUT2D eigenvalue weighted by Crippen LogP contribution is -2.16. The summed E-state index contributed by atoms with van der Waals surface area (Å²) in [6, 6.07) is 10.7. The Labute approximate surface area is 128 Å². The van der Waals surface area contributed by atoms with Crippen molar-refractivity contribution >= 4 is 10.1 Å². The van der Waals surface area contributed by atoms with E-state index in [-0.39, 0.29) is 10.6 Å². The average molecular weight is 322 g/mol. The number of rotatable bonds is 4. The van der Waals surface area contributed by atoms with E-state index in [1.807, 2.05) is 0 Å². The van der Waals surface area contributed by atoms with Gasteiger partial charge in [-0.05, 0) is 24.3 Å². The van der Waals surface area contributed by atoms with E-state index < -0.39 is 10.1 Å². The molecule has 0 atom stereocenters. The summed E-state index contributed by atoms with van der Waals surface area (Å²) in [5.41, 5.74) is 0. The Morgan fingerprint density at radius 2 is 1.68 bits per heavy atom. The Bertz CT molecular complexity index is 784. The lowest BCUT2D eigenvalue weighted by molar-refractivity contribution is 0.171. The van der Waals surface area contributed by atoms with Gasteiger partial charge in [0.1, 0.15) is 29.6 Å². The molecule has 7 heteroatoms. The maximum atomic E-state index is 12.3. The van der Waals surface area contributed by atoms with Gasteiger partial charge in [-0.2, -0.15) is 8.42 Å². The van der Waals surface area contributed by atoms with Crippen molar-refractivity contribution in [3.8, 4) is 23.0 Å². The normalized spacial score (nSPS) is 13.5. The second-order valence-electron chi connectivity index (χ2n) is 4.52. The third-order valence-corrected chi connectivity index (χ3v) is 4.29. The first-order valence-electron chi connectivity index (χ1n) is 6.57. The summed E-state index contributed by atoms with van der Waals surface area (Å²) in [5, 5.41) is 0. The van der Waals surface area contributed by atoms with Gasteiger partial charge < -0.3 is 18.4 Å². The lowest BCUT2D eigenvalue weighted by Gasteiger charge is -2.18. The fourth-order valence-electron chi connectivity index (χ4n) is 2.01. The van der Waals surface area contributed by atoms with Crippen LogP contribution in [-0.4, -0.2) is 28.7 Å². The number of hydrogen-bond donors (Lipinski definition) is 0. The number of benzene rings is 2. The summed E-state index contributed by atoms with van der Waals surface area (Å²) >= 11 is 0. The highest BCUT2D eigenvalue weighted by Gasteiger charge is 2.21. The van der Waals surface area contributed by atoms with Crippen LogP contribution in [0.15, 0.2) is 47.4 Å². The summed E-state index contributed by atoms with van der Waals surface area (Å²) in [6.45, 7) is 0.826. The van der Waals surface area contributed by atoms with Gasteiger partial charge >= 0.3 is 10.1 Å². The van der Waals surface area contributed by atoms with Crippen LogP contribution in [0.4, 0.5) is 0 Å². The number of hydrogen-bond acceptors (Lipinski definition) is 6. The molecule has 2 aromatic carbocycles. The second-order valence-corrected chi connectivity index (χ2v) is 6.07. The molecule has 22 heavy (non-hydrogen) atoms. The fourth-order valence-corrected chi connectivity index (χ4v) is 2.95. The molecule has 0 amide bonds. The van der Waals surface area contributed by atoms with Crippen molar-refractivity contribution in [1.82, 2.24) is 0 Å². The van der Waals surface area contributed by atoms with Gasteiger partial charge in [-0.1, -0.05) is 6.07 Å². The molecule has 0 N–H and O–H groups in total. The topological polar surface area (TPSA) is 71.1 Å². The summed E-state index contributed by atoms with van der Waals surface area (Å²) in [4.78, 5) is -0.000398. The van der Waals surface area contributed by atoms with Gasteiger partial charge in [-0.25, -0.2) is 0 Å². The van der Waals surface area contributed by atoms with Crippen LogP contribution in [0, 0.1) is 0 Å². The maximum absolute atomic E-state index is 12.3. The van der Waals surface area contributed by atoms with Gasteiger partial charge in [0.25, 0.3) is 0 Å². The molecule has 0 aliphatic carbocycles. The van der Waals surface area contributed by atoms with Gasteiger partial charge in [-0.15, -0.1) is 0 Å². The zero-order chi connectivity index (χ0) is 15.6. The lowest BCUT2D eigenvalue weighted by atomic mass is 10.3. The van der Waals surface area contributed by atoms with Crippen LogP contribution in [0.1, 0.15) is 0 Å². The molecular weight excluding hydrogens is 308 g/mol. The highest BCUT2D eigenvalue weighted by Crippen LogP contribution is 2.33. The Morgan fingerprint density at radius 1 is 0.955 bits per heavy atom. The highest BCUT2D eigenvalue weighted by atomic mass is 32.2. The van der Waals surface area contributed by atoms with Crippen molar-refractivity contribution in [1.29, 1.82) is 0 Å². The zero-order valence-corrected chi connectivity index (χ0v) is 12.6. The first-order chi connectivity index (χ1) is 10.6. The quantitative estimate of drug-likeness (QED) is 0.804. The van der Waals surface area contributed by atoms with Gasteiger partial charge in [0.15, 0.2) is 11.5 Å². The van der Waals surface area contributed by atoms with Crippen molar-refractivity contribution in [2.24, 2.45) is 0 Å². The van der Waals surface area contributed by atoms with Gasteiger partial charge in [-0.3, -0.25) is 0 Å². The molecule has 1 aliphatic rings. The summed E-state index contributed by atoms with van der Waals surface area (Å²) < 4.78 is 45.6. The summed E-state index contributed by atoms with van der Waals surface area (Å²) in [5.74, 6) is 1.59. The van der Waals surface area contributed by atoms with E-state index in [2.05, 4.69) is 0 Å². The van der Waals surface area contributed by atoms with E-state index in [0.717, 1.165) is 0 Å². The molecule has 0 radical (unpaired) electrons. The molecule has 3 rings (SSSR count). The van der Waals surface area contributed by atoms with Gasteiger partial charge in [0.05, 0.1) is 7.11 Å². The molecule has 0 spiro atoms. The van der Waals surface area contributed by atoms with Crippen molar-refractivity contribution in [3.05, 3.63) is 42.5 Å². The predicted octanol–water partition coefficient (Wildman–Crippen LogP) is 2.23. The smallest absolute Gasteiger partial charge is 0.339 e. The molecule has 2 aromatic rings. The number of ether oxygens (including phenoxy) is 3. The minimum Gasteiger partial charge on any atom is -0.497 e. The van der Waals surface area contributed by atoms with Gasteiger partial charge in [0.2, 0.25) is 0 Å². The van der Waals surface area contributed by atoms with Crippen molar-refractivity contribution in [2.45, 2.75) is 4.90 Å². The molecule has 0 unspecified atom stereocenters. The van der Waals surface area contributed by atoms with Crippen molar-refractivity contribution < 1.29 is 26.8 Å². The molecule has 116 valence electrons. The summed E-state index contributed by atoms with van der Waals surface area (Å²) in [6.07, 6.45) is 0. The van der Waals surface area contributed by atoms with E-state index in [1.165, 1.54) is 31.4 Å². The standard InChI is InChI=1S/C15H14O6S/c1-18-11-3-2-4-12(9-11)21-22(16,17)13-5-6-14-15(10-13)20-8-7-19-14/h2-6,9-10H,7-8H2,1H3. The molecule has 0 saturated heterocycles. The molecule has 1 aliphatic heterocycles. The zero-order valence-electron chi connectivity index (χ0n) is 11.8. The Kier molecular flexibility index (Phi) is 3.81. The molecular formula is C15H14O6S. The molecule has 0 saturated carbocycles. The Morgan fingerprint density at radius 3 is 2.45 bits per heavy atom. The van der Waals surface area contributed by atoms with Crippen LogP contribution >= 0.6 is 0 Å². The largest absolute Gasteiger partial charge is 0.497 e. The number of fused-ring (bicyclic) bond motifs is 1. The van der Waals surface area contributed by atoms with E-state index in [4.69, 9.17) is 18.4 Å². The Balaban J connectivity index is 1.89. The third-order valence-electron chi connectivity index (χ3n) is 3.05. The number of methoxy groups -OCH3 is 1. The third kappa shape index (κ3) is 2.94. The van der Waals surface area contributed by atoms with Crippen LogP contribution in [0.3, 0.4) is 0 Å². The van der Waals surface area contributed by atoms with Crippen LogP contribution in [0.5, 0.6) is 23.0 Å². The molecule has 1 heterocycles. The van der Waals surface area contributed by atoms with Crippen molar-refractivity contribution in [3.63, 3.8) is 0 Å². The molecule has 0 bridgehead atoms. The van der Waals surface area contributed by atoms with Crippen LogP contribution in [0.25, 0.3) is 0 Å². The van der Waals surface area contributed by atoms with E-state index >= 15 is 0 Å². The monoisotopic (exact) mass is 322 g/mol. The van der Waals surface area contributed by atoms with Crippen molar-refractivity contribution in [2.75, 3.05) is 20.3 Å².